The Kier molecular flexibility index (Phi) is 4.18. The van der Waals surface area contributed by atoms with Crippen molar-refractivity contribution in [3.8, 4) is 0 Å². The SMILES string of the molecule is CC[C@@H](C(=O)c1ccc([N+](=O)[O-])cc1)S(C)(=O)=O. The van der Waals surface area contributed by atoms with Gasteiger partial charge < -0.3 is 0 Å². The molecule has 0 spiro atoms. The molecule has 0 heterocycles. The van der Waals surface area contributed by atoms with Gasteiger partial charge in [-0.25, -0.2) is 8.42 Å². The van der Waals surface area contributed by atoms with Crippen molar-refractivity contribution in [2.45, 2.75) is 18.6 Å². The highest BCUT2D eigenvalue weighted by Gasteiger charge is 2.28. The molecule has 98 valence electrons. The molecule has 0 aromatic heterocycles. The molecule has 0 unspecified atom stereocenters. The van der Waals surface area contributed by atoms with Crippen LogP contribution in [0.4, 0.5) is 5.69 Å². The number of nitro groups is 1. The summed E-state index contributed by atoms with van der Waals surface area (Å²) in [5, 5.41) is 9.36. The molecule has 0 N–H and O–H groups in total. The first-order valence-electron chi connectivity index (χ1n) is 5.25. The maximum absolute atomic E-state index is 12.0. The number of Topliss-reactive ketones (excluding diaryl/α,β-unsaturated/α-hetero) is 1. The van der Waals surface area contributed by atoms with E-state index in [4.69, 9.17) is 0 Å². The largest absolute Gasteiger partial charge is 0.293 e. The van der Waals surface area contributed by atoms with Gasteiger partial charge in [-0.15, -0.1) is 0 Å². The van der Waals surface area contributed by atoms with E-state index in [-0.39, 0.29) is 17.7 Å². The molecule has 0 aliphatic rings. The Bertz CT molecular complexity index is 562. The Morgan fingerprint density at radius 1 is 1.33 bits per heavy atom. The molecule has 0 saturated heterocycles. The molecule has 0 amide bonds. The first kappa shape index (κ1) is 14.3. The third-order valence-corrected chi connectivity index (χ3v) is 4.12. The highest BCUT2D eigenvalue weighted by molar-refractivity contribution is 7.92. The molecule has 0 aliphatic carbocycles. The molecule has 1 atom stereocenters. The maximum atomic E-state index is 12.0. The number of benzene rings is 1. The summed E-state index contributed by atoms with van der Waals surface area (Å²) in [6.45, 7) is 1.61. The smallest absolute Gasteiger partial charge is 0.269 e. The fraction of sp³-hybridized carbons (Fsp3) is 0.364. The summed E-state index contributed by atoms with van der Waals surface area (Å²) in [5.74, 6) is -0.533. The minimum absolute atomic E-state index is 0.140. The van der Waals surface area contributed by atoms with Crippen molar-refractivity contribution in [1.82, 2.24) is 0 Å². The van der Waals surface area contributed by atoms with E-state index in [1.54, 1.807) is 6.92 Å². The average molecular weight is 271 g/mol. The third-order valence-electron chi connectivity index (χ3n) is 2.54. The highest BCUT2D eigenvalue weighted by Crippen LogP contribution is 2.16. The van der Waals surface area contributed by atoms with Crippen molar-refractivity contribution < 1.29 is 18.1 Å². The third kappa shape index (κ3) is 3.13. The van der Waals surface area contributed by atoms with Crippen LogP contribution in [0.15, 0.2) is 24.3 Å². The first-order chi connectivity index (χ1) is 8.27. The summed E-state index contributed by atoms with van der Waals surface area (Å²) in [4.78, 5) is 21.8. The number of hydrogen-bond acceptors (Lipinski definition) is 5. The standard InChI is InChI=1S/C11H13NO5S/c1-3-10(18(2,16)17)11(13)8-4-6-9(7-5-8)12(14)15/h4-7,10H,3H2,1-2H3/t10-/m0/s1. The number of carbonyl (C=O) groups is 1. The van der Waals surface area contributed by atoms with Gasteiger partial charge in [-0.2, -0.15) is 0 Å². The maximum Gasteiger partial charge on any atom is 0.269 e. The molecular formula is C11H13NO5S. The fourth-order valence-corrected chi connectivity index (χ4v) is 2.75. The summed E-state index contributed by atoms with van der Waals surface area (Å²) < 4.78 is 22.8. The van der Waals surface area contributed by atoms with Crippen LogP contribution < -0.4 is 0 Å². The van der Waals surface area contributed by atoms with Crippen LogP contribution >= 0.6 is 0 Å². The summed E-state index contributed by atoms with van der Waals surface area (Å²) in [6.07, 6.45) is 1.18. The van der Waals surface area contributed by atoms with Crippen LogP contribution in [0.3, 0.4) is 0 Å². The number of non-ortho nitro benzene ring substituents is 1. The zero-order chi connectivity index (χ0) is 13.9. The molecule has 1 aromatic carbocycles. The van der Waals surface area contributed by atoms with Gasteiger partial charge in [0.1, 0.15) is 5.25 Å². The molecule has 1 rings (SSSR count). The zero-order valence-corrected chi connectivity index (χ0v) is 10.8. The second-order valence-electron chi connectivity index (χ2n) is 3.89. The number of ketones is 1. The Hall–Kier alpha value is -1.76. The number of sulfone groups is 1. The molecule has 0 bridgehead atoms. The van der Waals surface area contributed by atoms with Gasteiger partial charge in [-0.3, -0.25) is 14.9 Å². The lowest BCUT2D eigenvalue weighted by atomic mass is 10.1. The number of nitrogens with zero attached hydrogens (tertiary/aromatic N) is 1. The second kappa shape index (κ2) is 5.26. The number of hydrogen-bond donors (Lipinski definition) is 0. The quantitative estimate of drug-likeness (QED) is 0.460. The van der Waals surface area contributed by atoms with Crippen LogP contribution in [-0.4, -0.2) is 30.6 Å². The van der Waals surface area contributed by atoms with Crippen LogP contribution in [0, 0.1) is 10.1 Å². The van der Waals surface area contributed by atoms with Crippen molar-refractivity contribution >= 4 is 21.3 Å². The number of rotatable bonds is 5. The number of nitro benzene ring substituents is 1. The van der Waals surface area contributed by atoms with E-state index in [2.05, 4.69) is 0 Å². The first-order valence-corrected chi connectivity index (χ1v) is 7.20. The van der Waals surface area contributed by atoms with Crippen LogP contribution in [0.5, 0.6) is 0 Å². The highest BCUT2D eigenvalue weighted by atomic mass is 32.2. The Morgan fingerprint density at radius 2 is 1.83 bits per heavy atom. The minimum atomic E-state index is -3.47. The molecule has 7 heteroatoms. The van der Waals surface area contributed by atoms with Crippen LogP contribution in [0.25, 0.3) is 0 Å². The van der Waals surface area contributed by atoms with E-state index in [1.165, 1.54) is 24.3 Å². The van der Waals surface area contributed by atoms with Crippen molar-refractivity contribution in [3.05, 3.63) is 39.9 Å². The van der Waals surface area contributed by atoms with Gasteiger partial charge in [0.15, 0.2) is 15.6 Å². The van der Waals surface area contributed by atoms with Crippen molar-refractivity contribution in [2.24, 2.45) is 0 Å². The van der Waals surface area contributed by atoms with Gasteiger partial charge >= 0.3 is 0 Å². The summed E-state index contributed by atoms with van der Waals surface area (Å²) in [6, 6.07) is 4.91. The summed E-state index contributed by atoms with van der Waals surface area (Å²) in [7, 11) is -3.47. The van der Waals surface area contributed by atoms with E-state index in [0.717, 1.165) is 6.26 Å². The van der Waals surface area contributed by atoms with E-state index in [9.17, 15) is 23.3 Å². The molecule has 0 radical (unpaired) electrons. The van der Waals surface area contributed by atoms with Gasteiger partial charge in [0, 0.05) is 24.0 Å². The monoisotopic (exact) mass is 271 g/mol. The van der Waals surface area contributed by atoms with Crippen molar-refractivity contribution in [1.29, 1.82) is 0 Å². The predicted octanol–water partition coefficient (Wildman–Crippen LogP) is 1.60. The number of carbonyl (C=O) groups excluding carboxylic acids is 1. The normalized spacial score (nSPS) is 13.0. The van der Waals surface area contributed by atoms with Crippen molar-refractivity contribution in [2.75, 3.05) is 6.26 Å². The Labute approximate surface area is 105 Å². The van der Waals surface area contributed by atoms with Crippen LogP contribution in [-0.2, 0) is 9.84 Å². The molecular weight excluding hydrogens is 258 g/mol. The second-order valence-corrected chi connectivity index (χ2v) is 6.12. The van der Waals surface area contributed by atoms with Gasteiger partial charge in [0.05, 0.1) is 4.92 Å². The Morgan fingerprint density at radius 3 is 2.17 bits per heavy atom. The zero-order valence-electron chi connectivity index (χ0n) is 9.99. The minimum Gasteiger partial charge on any atom is -0.293 e. The van der Waals surface area contributed by atoms with Gasteiger partial charge in [-0.1, -0.05) is 6.92 Å². The van der Waals surface area contributed by atoms with Crippen molar-refractivity contribution in [3.63, 3.8) is 0 Å². The molecule has 0 saturated carbocycles. The lowest BCUT2D eigenvalue weighted by molar-refractivity contribution is -0.384. The van der Waals surface area contributed by atoms with Crippen LogP contribution in [0.2, 0.25) is 0 Å². The van der Waals surface area contributed by atoms with E-state index >= 15 is 0 Å². The Balaban J connectivity index is 3.07. The average Bonchev–Trinajstić information content (AvgIpc) is 2.28. The van der Waals surface area contributed by atoms with E-state index < -0.39 is 25.8 Å². The molecule has 6 nitrogen and oxygen atoms in total. The van der Waals surface area contributed by atoms with Gasteiger partial charge in [-0.05, 0) is 18.6 Å². The topological polar surface area (TPSA) is 94.3 Å². The summed E-state index contributed by atoms with van der Waals surface area (Å²) in [5.41, 5.74) is 0.0248. The van der Waals surface area contributed by atoms with Gasteiger partial charge in [0.25, 0.3) is 5.69 Å². The molecule has 18 heavy (non-hydrogen) atoms. The molecule has 1 aromatic rings. The predicted molar refractivity (Wildman–Crippen MR) is 66.3 cm³/mol. The lowest BCUT2D eigenvalue weighted by Crippen LogP contribution is -2.28. The van der Waals surface area contributed by atoms with E-state index in [1.807, 2.05) is 0 Å². The molecule has 0 aliphatic heterocycles. The summed E-state index contributed by atoms with van der Waals surface area (Å²) >= 11 is 0. The van der Waals surface area contributed by atoms with Crippen LogP contribution in [0.1, 0.15) is 23.7 Å². The van der Waals surface area contributed by atoms with Gasteiger partial charge in [0.2, 0.25) is 0 Å². The van der Waals surface area contributed by atoms with E-state index in [0.29, 0.717) is 0 Å². The fourth-order valence-electron chi connectivity index (χ4n) is 1.62. The lowest BCUT2D eigenvalue weighted by Gasteiger charge is -2.11. The molecule has 0 fully saturated rings.